The molecule has 1 aromatic heterocycles. The highest BCUT2D eigenvalue weighted by molar-refractivity contribution is 7.11. The number of amides is 1. The number of benzene rings is 1. The van der Waals surface area contributed by atoms with E-state index < -0.39 is 0 Å². The van der Waals surface area contributed by atoms with Gasteiger partial charge in [0.1, 0.15) is 0 Å². The van der Waals surface area contributed by atoms with E-state index in [-0.39, 0.29) is 12.5 Å². The van der Waals surface area contributed by atoms with Crippen molar-refractivity contribution in [2.24, 2.45) is 5.10 Å². The Morgan fingerprint density at radius 2 is 2.11 bits per heavy atom. The molecule has 0 aliphatic rings. The van der Waals surface area contributed by atoms with Crippen LogP contribution in [0.3, 0.4) is 0 Å². The van der Waals surface area contributed by atoms with Gasteiger partial charge in [-0.3, -0.25) is 4.79 Å². The molecule has 0 bridgehead atoms. The quantitative estimate of drug-likeness (QED) is 0.650. The van der Waals surface area contributed by atoms with Crippen LogP contribution in [0, 0.1) is 6.92 Å². The first-order valence-corrected chi connectivity index (χ1v) is 6.78. The van der Waals surface area contributed by atoms with Gasteiger partial charge in [0, 0.05) is 10.6 Å². The third-order valence-corrected chi connectivity index (χ3v) is 3.24. The summed E-state index contributed by atoms with van der Waals surface area (Å²) in [6, 6.07) is 11.7. The molecule has 0 atom stereocenters. The van der Waals surface area contributed by atoms with Crippen LogP contribution in [0.4, 0.5) is 5.69 Å². The standard InChI is InChI=1S/C14H15N3OS/c1-11-4-6-12(7-5-11)15-10-14(18)17-16-9-13-3-2-8-19-13/h2-9,15H,10H2,1H3,(H,17,18). The Labute approximate surface area is 116 Å². The molecule has 19 heavy (non-hydrogen) atoms. The Hall–Kier alpha value is -2.14. The molecular formula is C14H15N3OS. The van der Waals surface area contributed by atoms with Crippen LogP contribution in [0.15, 0.2) is 46.9 Å². The molecule has 2 aromatic rings. The second-order valence-corrected chi connectivity index (χ2v) is 5.01. The maximum absolute atomic E-state index is 11.5. The number of aryl methyl sites for hydroxylation is 1. The molecule has 0 radical (unpaired) electrons. The molecule has 5 heteroatoms. The first-order valence-electron chi connectivity index (χ1n) is 5.90. The van der Waals surface area contributed by atoms with Crippen molar-refractivity contribution in [3.8, 4) is 0 Å². The molecule has 2 rings (SSSR count). The van der Waals surface area contributed by atoms with E-state index in [0.29, 0.717) is 0 Å². The number of hydrazone groups is 1. The molecule has 2 N–H and O–H groups in total. The topological polar surface area (TPSA) is 53.5 Å². The first kappa shape index (κ1) is 13.3. The summed E-state index contributed by atoms with van der Waals surface area (Å²) in [4.78, 5) is 12.5. The van der Waals surface area contributed by atoms with Gasteiger partial charge in [-0.15, -0.1) is 11.3 Å². The highest BCUT2D eigenvalue weighted by Crippen LogP contribution is 2.07. The van der Waals surface area contributed by atoms with E-state index in [9.17, 15) is 4.79 Å². The molecule has 98 valence electrons. The first-order chi connectivity index (χ1) is 9.24. The van der Waals surface area contributed by atoms with E-state index in [0.717, 1.165) is 10.6 Å². The van der Waals surface area contributed by atoms with Crippen LogP contribution in [-0.2, 0) is 4.79 Å². The zero-order chi connectivity index (χ0) is 13.5. The summed E-state index contributed by atoms with van der Waals surface area (Å²) in [6.45, 7) is 2.22. The maximum Gasteiger partial charge on any atom is 0.259 e. The molecule has 0 unspecified atom stereocenters. The lowest BCUT2D eigenvalue weighted by Crippen LogP contribution is -2.25. The molecule has 1 amide bonds. The zero-order valence-electron chi connectivity index (χ0n) is 10.6. The Morgan fingerprint density at radius 1 is 1.32 bits per heavy atom. The van der Waals surface area contributed by atoms with E-state index in [1.54, 1.807) is 17.6 Å². The number of rotatable bonds is 5. The molecule has 0 spiro atoms. The molecule has 0 aliphatic carbocycles. The van der Waals surface area contributed by atoms with E-state index in [1.165, 1.54) is 5.56 Å². The van der Waals surface area contributed by atoms with Gasteiger partial charge in [0.05, 0.1) is 12.8 Å². The fourth-order valence-corrected chi connectivity index (χ4v) is 2.01. The fourth-order valence-electron chi connectivity index (χ4n) is 1.43. The van der Waals surface area contributed by atoms with Crippen LogP contribution in [0.25, 0.3) is 0 Å². The van der Waals surface area contributed by atoms with Gasteiger partial charge in [0.2, 0.25) is 0 Å². The number of anilines is 1. The van der Waals surface area contributed by atoms with Crippen molar-refractivity contribution >= 4 is 29.1 Å². The van der Waals surface area contributed by atoms with Gasteiger partial charge in [-0.05, 0) is 30.5 Å². The molecular weight excluding hydrogens is 258 g/mol. The fraction of sp³-hybridized carbons (Fsp3) is 0.143. The lowest BCUT2D eigenvalue weighted by atomic mass is 10.2. The Bertz CT molecular complexity index is 547. The SMILES string of the molecule is Cc1ccc(NCC(=O)NN=Cc2cccs2)cc1. The van der Waals surface area contributed by atoms with Crippen molar-refractivity contribution in [3.05, 3.63) is 52.2 Å². The van der Waals surface area contributed by atoms with E-state index in [2.05, 4.69) is 15.8 Å². The van der Waals surface area contributed by atoms with Crippen LogP contribution < -0.4 is 10.7 Å². The summed E-state index contributed by atoms with van der Waals surface area (Å²) in [5.41, 5.74) is 4.59. The van der Waals surface area contributed by atoms with Gasteiger partial charge in [-0.25, -0.2) is 5.43 Å². The van der Waals surface area contributed by atoms with Gasteiger partial charge in [0.15, 0.2) is 0 Å². The molecule has 1 heterocycles. The van der Waals surface area contributed by atoms with Gasteiger partial charge >= 0.3 is 0 Å². The number of thiophene rings is 1. The summed E-state index contributed by atoms with van der Waals surface area (Å²) in [6.07, 6.45) is 1.63. The number of nitrogens with zero attached hydrogens (tertiary/aromatic N) is 1. The Kier molecular flexibility index (Phi) is 4.69. The Balaban J connectivity index is 1.74. The molecule has 4 nitrogen and oxygen atoms in total. The maximum atomic E-state index is 11.5. The number of carbonyl (C=O) groups excluding carboxylic acids is 1. The van der Waals surface area contributed by atoms with E-state index >= 15 is 0 Å². The number of nitrogens with one attached hydrogen (secondary N) is 2. The molecule has 0 saturated heterocycles. The average molecular weight is 273 g/mol. The molecule has 1 aromatic carbocycles. The lowest BCUT2D eigenvalue weighted by Gasteiger charge is -2.05. The van der Waals surface area contributed by atoms with Crippen LogP contribution in [0.2, 0.25) is 0 Å². The predicted molar refractivity (Wildman–Crippen MR) is 79.7 cm³/mol. The van der Waals surface area contributed by atoms with Gasteiger partial charge in [0.25, 0.3) is 5.91 Å². The van der Waals surface area contributed by atoms with Crippen molar-refractivity contribution in [3.63, 3.8) is 0 Å². The lowest BCUT2D eigenvalue weighted by molar-refractivity contribution is -0.119. The zero-order valence-corrected chi connectivity index (χ0v) is 11.4. The minimum Gasteiger partial charge on any atom is -0.376 e. The summed E-state index contributed by atoms with van der Waals surface area (Å²) >= 11 is 1.57. The summed E-state index contributed by atoms with van der Waals surface area (Å²) < 4.78 is 0. The van der Waals surface area contributed by atoms with Crippen molar-refractivity contribution < 1.29 is 4.79 Å². The van der Waals surface area contributed by atoms with Crippen LogP contribution in [0.5, 0.6) is 0 Å². The smallest absolute Gasteiger partial charge is 0.259 e. The van der Waals surface area contributed by atoms with Crippen molar-refractivity contribution in [1.29, 1.82) is 0 Å². The van der Waals surface area contributed by atoms with Crippen molar-refractivity contribution in [2.45, 2.75) is 6.92 Å². The third kappa shape index (κ3) is 4.56. The third-order valence-electron chi connectivity index (χ3n) is 2.43. The molecule has 0 fully saturated rings. The van der Waals surface area contributed by atoms with Crippen molar-refractivity contribution in [1.82, 2.24) is 5.43 Å². The number of carbonyl (C=O) groups is 1. The van der Waals surface area contributed by atoms with Crippen LogP contribution in [-0.4, -0.2) is 18.7 Å². The number of hydrogen-bond donors (Lipinski definition) is 2. The van der Waals surface area contributed by atoms with Crippen LogP contribution >= 0.6 is 11.3 Å². The normalized spacial score (nSPS) is 10.6. The van der Waals surface area contributed by atoms with E-state index in [1.807, 2.05) is 48.7 Å². The minimum atomic E-state index is -0.173. The number of hydrogen-bond acceptors (Lipinski definition) is 4. The highest BCUT2D eigenvalue weighted by atomic mass is 32.1. The highest BCUT2D eigenvalue weighted by Gasteiger charge is 1.99. The monoisotopic (exact) mass is 273 g/mol. The van der Waals surface area contributed by atoms with Gasteiger partial charge < -0.3 is 5.32 Å². The van der Waals surface area contributed by atoms with E-state index in [4.69, 9.17) is 0 Å². The predicted octanol–water partition coefficient (Wildman–Crippen LogP) is 2.62. The largest absolute Gasteiger partial charge is 0.376 e. The summed E-state index contributed by atoms with van der Waals surface area (Å²) in [5, 5.41) is 8.88. The van der Waals surface area contributed by atoms with Gasteiger partial charge in [-0.1, -0.05) is 23.8 Å². The van der Waals surface area contributed by atoms with Crippen LogP contribution in [0.1, 0.15) is 10.4 Å². The minimum absolute atomic E-state index is 0.173. The molecule has 0 saturated carbocycles. The molecule has 0 aliphatic heterocycles. The second kappa shape index (κ2) is 6.70. The van der Waals surface area contributed by atoms with Crippen molar-refractivity contribution in [2.75, 3.05) is 11.9 Å². The summed E-state index contributed by atoms with van der Waals surface area (Å²) in [5.74, 6) is -0.173. The van der Waals surface area contributed by atoms with Gasteiger partial charge in [-0.2, -0.15) is 5.10 Å². The summed E-state index contributed by atoms with van der Waals surface area (Å²) in [7, 11) is 0. The average Bonchev–Trinajstić information content (AvgIpc) is 2.91. The Morgan fingerprint density at radius 3 is 2.79 bits per heavy atom. The second-order valence-electron chi connectivity index (χ2n) is 4.03.